The molecule has 108 valence electrons. The van der Waals surface area contributed by atoms with Gasteiger partial charge < -0.3 is 5.32 Å². The highest BCUT2D eigenvalue weighted by Gasteiger charge is 2.41. The molecule has 1 unspecified atom stereocenters. The van der Waals surface area contributed by atoms with Crippen molar-refractivity contribution in [2.45, 2.75) is 26.8 Å². The van der Waals surface area contributed by atoms with Crippen molar-refractivity contribution in [3.8, 4) is 0 Å². The second-order valence-electron chi connectivity index (χ2n) is 5.86. The van der Waals surface area contributed by atoms with Crippen LogP contribution >= 0.6 is 11.6 Å². The van der Waals surface area contributed by atoms with Gasteiger partial charge in [0.05, 0.1) is 10.7 Å². The van der Waals surface area contributed by atoms with Gasteiger partial charge in [-0.15, -0.1) is 0 Å². The summed E-state index contributed by atoms with van der Waals surface area (Å²) in [7, 11) is 0. The molecule has 1 saturated heterocycles. The summed E-state index contributed by atoms with van der Waals surface area (Å²) in [6, 6.07) is 3.45. The fourth-order valence-corrected chi connectivity index (χ4v) is 2.43. The summed E-state index contributed by atoms with van der Waals surface area (Å²) in [6.45, 7) is 5.28. The molecule has 0 bridgehead atoms. The molecule has 2 rings (SSSR count). The number of nitrogens with one attached hydrogen (secondary N) is 1. The Kier molecular flexibility index (Phi) is 3.73. The highest BCUT2D eigenvalue weighted by Crippen LogP contribution is 2.32. The van der Waals surface area contributed by atoms with Gasteiger partial charge >= 0.3 is 0 Å². The van der Waals surface area contributed by atoms with Crippen molar-refractivity contribution in [2.24, 2.45) is 5.41 Å². The van der Waals surface area contributed by atoms with E-state index in [1.54, 1.807) is 0 Å². The number of nitrogens with zero attached hydrogens (tertiary/aromatic N) is 1. The fourth-order valence-electron chi connectivity index (χ4n) is 2.17. The standard InChI is InChI=1S/C14H16ClFN2O2/c1-14(2,3)12-13(20)18(7-10(19)17-12)11-8(15)5-4-6-9(11)16/h4-6,12H,7H2,1-3H3,(H,17,19). The number of rotatable bonds is 1. The van der Waals surface area contributed by atoms with Crippen LogP contribution in [-0.2, 0) is 9.59 Å². The van der Waals surface area contributed by atoms with Gasteiger partial charge in [-0.25, -0.2) is 4.39 Å². The molecule has 1 aliphatic rings. The lowest BCUT2D eigenvalue weighted by Gasteiger charge is -2.39. The molecule has 1 aromatic carbocycles. The lowest BCUT2D eigenvalue weighted by atomic mass is 9.84. The lowest BCUT2D eigenvalue weighted by Crippen LogP contribution is -2.62. The van der Waals surface area contributed by atoms with Gasteiger partial charge in [-0.1, -0.05) is 38.4 Å². The molecule has 4 nitrogen and oxygen atoms in total. The van der Waals surface area contributed by atoms with E-state index in [1.165, 1.54) is 18.2 Å². The molecule has 0 saturated carbocycles. The molecule has 2 amide bonds. The highest BCUT2D eigenvalue weighted by atomic mass is 35.5. The molecular weight excluding hydrogens is 283 g/mol. The van der Waals surface area contributed by atoms with Gasteiger partial charge in [0.25, 0.3) is 5.91 Å². The van der Waals surface area contributed by atoms with Gasteiger partial charge in [-0.2, -0.15) is 0 Å². The Bertz CT molecular complexity index is 549. The van der Waals surface area contributed by atoms with Crippen LogP contribution in [0.15, 0.2) is 18.2 Å². The number of hydrogen-bond donors (Lipinski definition) is 1. The van der Waals surface area contributed by atoms with Crippen LogP contribution in [-0.4, -0.2) is 24.4 Å². The molecule has 6 heteroatoms. The second-order valence-corrected chi connectivity index (χ2v) is 6.27. The average molecular weight is 299 g/mol. The quantitative estimate of drug-likeness (QED) is 0.865. The summed E-state index contributed by atoms with van der Waals surface area (Å²) in [5.74, 6) is -1.30. The SMILES string of the molecule is CC(C)(C)C1NC(=O)CN(c2c(F)cccc2Cl)C1=O. The van der Waals surface area contributed by atoms with Crippen molar-refractivity contribution in [3.63, 3.8) is 0 Å². The first-order chi connectivity index (χ1) is 9.21. The number of amides is 2. The van der Waals surface area contributed by atoms with Crippen molar-refractivity contribution in [1.82, 2.24) is 5.32 Å². The predicted molar refractivity (Wildman–Crippen MR) is 75.1 cm³/mol. The summed E-state index contributed by atoms with van der Waals surface area (Å²) in [5.41, 5.74) is -0.508. The Morgan fingerprint density at radius 3 is 2.55 bits per heavy atom. The Morgan fingerprint density at radius 2 is 2.00 bits per heavy atom. The molecule has 0 aromatic heterocycles. The second kappa shape index (κ2) is 5.05. The van der Waals surface area contributed by atoms with Crippen molar-refractivity contribution in [1.29, 1.82) is 0 Å². The summed E-state index contributed by atoms with van der Waals surface area (Å²) in [4.78, 5) is 25.4. The Labute approximate surface area is 121 Å². The Morgan fingerprint density at radius 1 is 1.35 bits per heavy atom. The molecule has 1 heterocycles. The van der Waals surface area contributed by atoms with Crippen LogP contribution in [0.4, 0.5) is 10.1 Å². The van der Waals surface area contributed by atoms with Crippen LogP contribution in [0.5, 0.6) is 0 Å². The zero-order valence-corrected chi connectivity index (χ0v) is 12.3. The summed E-state index contributed by atoms with van der Waals surface area (Å²) < 4.78 is 13.9. The summed E-state index contributed by atoms with van der Waals surface area (Å²) in [5, 5.41) is 2.76. The number of carbonyl (C=O) groups excluding carboxylic acids is 2. The van der Waals surface area contributed by atoms with Gasteiger partial charge in [-0.3, -0.25) is 14.5 Å². The van der Waals surface area contributed by atoms with Crippen LogP contribution < -0.4 is 10.2 Å². The van der Waals surface area contributed by atoms with E-state index in [0.29, 0.717) is 0 Å². The van der Waals surface area contributed by atoms with Gasteiger partial charge in [0.2, 0.25) is 5.91 Å². The average Bonchev–Trinajstić information content (AvgIpc) is 2.31. The minimum absolute atomic E-state index is 0.0386. The van der Waals surface area contributed by atoms with E-state index >= 15 is 0 Å². The first-order valence-corrected chi connectivity index (χ1v) is 6.64. The minimum atomic E-state index is -0.709. The zero-order chi connectivity index (χ0) is 15.1. The number of piperazine rings is 1. The number of para-hydroxylation sites is 1. The molecule has 1 N–H and O–H groups in total. The Hall–Kier alpha value is -1.62. The van der Waals surface area contributed by atoms with Crippen LogP contribution in [0.25, 0.3) is 0 Å². The van der Waals surface area contributed by atoms with E-state index in [4.69, 9.17) is 11.6 Å². The fraction of sp³-hybridized carbons (Fsp3) is 0.429. The van der Waals surface area contributed by atoms with E-state index in [-0.39, 0.29) is 29.1 Å². The number of benzene rings is 1. The van der Waals surface area contributed by atoms with Gasteiger partial charge in [0.15, 0.2) is 0 Å². The van der Waals surface area contributed by atoms with E-state index in [2.05, 4.69) is 5.32 Å². The molecule has 1 fully saturated rings. The largest absolute Gasteiger partial charge is 0.342 e. The van der Waals surface area contributed by atoms with E-state index < -0.39 is 17.3 Å². The first-order valence-electron chi connectivity index (χ1n) is 6.26. The van der Waals surface area contributed by atoms with Crippen molar-refractivity contribution < 1.29 is 14.0 Å². The van der Waals surface area contributed by atoms with Crippen LogP contribution in [0.3, 0.4) is 0 Å². The van der Waals surface area contributed by atoms with Crippen LogP contribution in [0.2, 0.25) is 5.02 Å². The maximum absolute atomic E-state index is 13.9. The first kappa shape index (κ1) is 14.8. The zero-order valence-electron chi connectivity index (χ0n) is 11.5. The van der Waals surface area contributed by atoms with Crippen molar-refractivity contribution >= 4 is 29.1 Å². The maximum Gasteiger partial charge on any atom is 0.250 e. The Balaban J connectivity index is 2.46. The van der Waals surface area contributed by atoms with Gasteiger partial charge in [-0.05, 0) is 17.5 Å². The summed E-state index contributed by atoms with van der Waals surface area (Å²) >= 11 is 5.97. The molecular formula is C14H16ClFN2O2. The number of halogens is 2. The van der Waals surface area contributed by atoms with Gasteiger partial charge in [0, 0.05) is 0 Å². The topological polar surface area (TPSA) is 49.4 Å². The third-order valence-corrected chi connectivity index (χ3v) is 3.50. The van der Waals surface area contributed by atoms with Crippen molar-refractivity contribution in [3.05, 3.63) is 29.0 Å². The number of carbonyl (C=O) groups is 2. The normalized spacial score (nSPS) is 20.1. The maximum atomic E-state index is 13.9. The third-order valence-electron chi connectivity index (χ3n) is 3.19. The summed E-state index contributed by atoms with van der Waals surface area (Å²) in [6.07, 6.45) is 0. The predicted octanol–water partition coefficient (Wildman–Crippen LogP) is 2.36. The third kappa shape index (κ3) is 2.63. The minimum Gasteiger partial charge on any atom is -0.342 e. The van der Waals surface area contributed by atoms with E-state index in [9.17, 15) is 14.0 Å². The van der Waals surface area contributed by atoms with Gasteiger partial charge in [0.1, 0.15) is 18.4 Å². The highest BCUT2D eigenvalue weighted by molar-refractivity contribution is 6.34. The molecule has 0 aliphatic carbocycles. The molecule has 1 aromatic rings. The van der Waals surface area contributed by atoms with Crippen molar-refractivity contribution in [2.75, 3.05) is 11.4 Å². The molecule has 0 radical (unpaired) electrons. The molecule has 20 heavy (non-hydrogen) atoms. The monoisotopic (exact) mass is 298 g/mol. The molecule has 0 spiro atoms. The van der Waals surface area contributed by atoms with Crippen LogP contribution in [0, 0.1) is 11.2 Å². The molecule has 1 atom stereocenters. The lowest BCUT2D eigenvalue weighted by molar-refractivity contribution is -0.133. The number of hydrogen-bond acceptors (Lipinski definition) is 2. The molecule has 1 aliphatic heterocycles. The smallest absolute Gasteiger partial charge is 0.250 e. The van der Waals surface area contributed by atoms with Crippen LogP contribution in [0.1, 0.15) is 20.8 Å². The van der Waals surface area contributed by atoms with E-state index in [1.807, 2.05) is 20.8 Å². The van der Waals surface area contributed by atoms with E-state index in [0.717, 1.165) is 4.90 Å². The number of anilines is 1.